The first kappa shape index (κ1) is 9.68. The molecular formula is C10H12BrN3. The van der Waals surface area contributed by atoms with Crippen molar-refractivity contribution >= 4 is 26.8 Å². The number of benzene rings is 1. The SMILES string of the molecule is CC(N)c1cccc2nn(C)c(Br)c12. The first-order chi connectivity index (χ1) is 6.61. The van der Waals surface area contributed by atoms with Gasteiger partial charge in [-0.25, -0.2) is 0 Å². The Kier molecular flexibility index (Phi) is 2.33. The van der Waals surface area contributed by atoms with Crippen LogP contribution in [0.25, 0.3) is 10.9 Å². The monoisotopic (exact) mass is 253 g/mol. The molecular weight excluding hydrogens is 242 g/mol. The van der Waals surface area contributed by atoms with E-state index in [0.29, 0.717) is 0 Å². The maximum Gasteiger partial charge on any atom is 0.111 e. The van der Waals surface area contributed by atoms with Crippen molar-refractivity contribution in [3.63, 3.8) is 0 Å². The van der Waals surface area contributed by atoms with Gasteiger partial charge >= 0.3 is 0 Å². The van der Waals surface area contributed by atoms with Gasteiger partial charge in [-0.2, -0.15) is 5.10 Å². The average Bonchev–Trinajstić information content (AvgIpc) is 2.43. The second kappa shape index (κ2) is 3.37. The van der Waals surface area contributed by atoms with E-state index in [1.165, 1.54) is 0 Å². The molecule has 0 bridgehead atoms. The number of nitrogens with zero attached hydrogens (tertiary/aromatic N) is 2. The van der Waals surface area contributed by atoms with Gasteiger partial charge in [0, 0.05) is 18.5 Å². The molecule has 14 heavy (non-hydrogen) atoms. The van der Waals surface area contributed by atoms with E-state index in [9.17, 15) is 0 Å². The summed E-state index contributed by atoms with van der Waals surface area (Å²) in [6, 6.07) is 6.05. The lowest BCUT2D eigenvalue weighted by Gasteiger charge is -2.06. The van der Waals surface area contributed by atoms with Gasteiger partial charge < -0.3 is 5.73 Å². The largest absolute Gasteiger partial charge is 0.324 e. The van der Waals surface area contributed by atoms with Crippen LogP contribution in [0, 0.1) is 0 Å². The summed E-state index contributed by atoms with van der Waals surface area (Å²) in [6.07, 6.45) is 0. The third-order valence-electron chi connectivity index (χ3n) is 2.31. The summed E-state index contributed by atoms with van der Waals surface area (Å²) in [4.78, 5) is 0. The lowest BCUT2D eigenvalue weighted by Crippen LogP contribution is -2.05. The number of aromatic nitrogens is 2. The molecule has 1 unspecified atom stereocenters. The van der Waals surface area contributed by atoms with Crippen LogP contribution in [0.15, 0.2) is 22.8 Å². The molecule has 0 saturated carbocycles. The number of fused-ring (bicyclic) bond motifs is 1. The number of hydrogen-bond donors (Lipinski definition) is 1. The Morgan fingerprint density at radius 1 is 1.50 bits per heavy atom. The molecule has 0 spiro atoms. The Labute approximate surface area is 91.0 Å². The van der Waals surface area contributed by atoms with Crippen LogP contribution in [-0.2, 0) is 7.05 Å². The molecule has 2 N–H and O–H groups in total. The van der Waals surface area contributed by atoms with E-state index >= 15 is 0 Å². The second-order valence-electron chi connectivity index (χ2n) is 3.44. The molecule has 4 heteroatoms. The molecule has 3 nitrogen and oxygen atoms in total. The van der Waals surface area contributed by atoms with Crippen molar-refractivity contribution in [1.29, 1.82) is 0 Å². The highest BCUT2D eigenvalue weighted by atomic mass is 79.9. The van der Waals surface area contributed by atoms with E-state index < -0.39 is 0 Å². The molecule has 1 atom stereocenters. The van der Waals surface area contributed by atoms with Gasteiger partial charge in [0.25, 0.3) is 0 Å². The van der Waals surface area contributed by atoms with Crippen LogP contribution in [0.3, 0.4) is 0 Å². The van der Waals surface area contributed by atoms with Gasteiger partial charge in [0.05, 0.1) is 5.52 Å². The zero-order valence-corrected chi connectivity index (χ0v) is 9.75. The van der Waals surface area contributed by atoms with Crippen LogP contribution < -0.4 is 5.73 Å². The topological polar surface area (TPSA) is 43.8 Å². The van der Waals surface area contributed by atoms with Gasteiger partial charge in [0.1, 0.15) is 4.60 Å². The molecule has 74 valence electrons. The molecule has 2 aromatic rings. The summed E-state index contributed by atoms with van der Waals surface area (Å²) in [7, 11) is 1.91. The van der Waals surface area contributed by atoms with Crippen LogP contribution in [0.1, 0.15) is 18.5 Å². The van der Waals surface area contributed by atoms with Gasteiger partial charge in [-0.15, -0.1) is 0 Å². The molecule has 1 heterocycles. The average molecular weight is 254 g/mol. The lowest BCUT2D eigenvalue weighted by atomic mass is 10.1. The minimum Gasteiger partial charge on any atom is -0.324 e. The summed E-state index contributed by atoms with van der Waals surface area (Å²) >= 11 is 3.51. The Morgan fingerprint density at radius 2 is 2.21 bits per heavy atom. The third-order valence-corrected chi connectivity index (χ3v) is 3.22. The van der Waals surface area contributed by atoms with Crippen LogP contribution in [0.5, 0.6) is 0 Å². The van der Waals surface area contributed by atoms with E-state index in [1.807, 2.05) is 36.9 Å². The van der Waals surface area contributed by atoms with Crippen molar-refractivity contribution in [2.24, 2.45) is 12.8 Å². The maximum atomic E-state index is 5.90. The van der Waals surface area contributed by atoms with Crippen molar-refractivity contribution < 1.29 is 0 Å². The standard InChI is InChI=1S/C10H12BrN3/c1-6(12)7-4-3-5-8-9(7)10(11)14(2)13-8/h3-6H,12H2,1-2H3. The zero-order chi connectivity index (χ0) is 10.3. The normalized spacial score (nSPS) is 13.4. The van der Waals surface area contributed by atoms with E-state index in [-0.39, 0.29) is 6.04 Å². The predicted octanol–water partition coefficient (Wildman–Crippen LogP) is 2.36. The quantitative estimate of drug-likeness (QED) is 0.848. The Morgan fingerprint density at radius 3 is 2.86 bits per heavy atom. The first-order valence-electron chi connectivity index (χ1n) is 4.48. The minimum absolute atomic E-state index is 0.0270. The zero-order valence-electron chi connectivity index (χ0n) is 8.16. The van der Waals surface area contributed by atoms with E-state index in [4.69, 9.17) is 5.73 Å². The highest BCUT2D eigenvalue weighted by molar-refractivity contribution is 9.10. The molecule has 0 aliphatic rings. The van der Waals surface area contributed by atoms with Crippen molar-refractivity contribution in [1.82, 2.24) is 9.78 Å². The van der Waals surface area contributed by atoms with Crippen molar-refractivity contribution in [3.8, 4) is 0 Å². The van der Waals surface area contributed by atoms with Crippen LogP contribution >= 0.6 is 15.9 Å². The van der Waals surface area contributed by atoms with Crippen LogP contribution in [0.2, 0.25) is 0 Å². The third kappa shape index (κ3) is 1.35. The highest BCUT2D eigenvalue weighted by Gasteiger charge is 2.12. The van der Waals surface area contributed by atoms with Crippen LogP contribution in [0.4, 0.5) is 0 Å². The van der Waals surface area contributed by atoms with Gasteiger partial charge in [-0.05, 0) is 34.5 Å². The Balaban J connectivity index is 2.84. The van der Waals surface area contributed by atoms with Crippen LogP contribution in [-0.4, -0.2) is 9.78 Å². The fourth-order valence-corrected chi connectivity index (χ4v) is 2.12. The van der Waals surface area contributed by atoms with Gasteiger partial charge in [-0.3, -0.25) is 4.68 Å². The van der Waals surface area contributed by atoms with Crippen molar-refractivity contribution in [2.45, 2.75) is 13.0 Å². The molecule has 0 fully saturated rings. The summed E-state index contributed by atoms with van der Waals surface area (Å²) in [5.41, 5.74) is 8.01. The lowest BCUT2D eigenvalue weighted by molar-refractivity contribution is 0.760. The van der Waals surface area contributed by atoms with E-state index in [2.05, 4.69) is 21.0 Å². The summed E-state index contributed by atoms with van der Waals surface area (Å²) < 4.78 is 2.80. The smallest absolute Gasteiger partial charge is 0.111 e. The van der Waals surface area contributed by atoms with Gasteiger partial charge in [0.15, 0.2) is 0 Å². The summed E-state index contributed by atoms with van der Waals surface area (Å²) in [6.45, 7) is 1.98. The van der Waals surface area contributed by atoms with Crippen molar-refractivity contribution in [2.75, 3.05) is 0 Å². The first-order valence-corrected chi connectivity index (χ1v) is 5.27. The predicted molar refractivity (Wildman–Crippen MR) is 61.0 cm³/mol. The maximum absolute atomic E-state index is 5.90. The number of halogens is 1. The van der Waals surface area contributed by atoms with E-state index in [0.717, 1.165) is 21.1 Å². The molecule has 1 aromatic heterocycles. The highest BCUT2D eigenvalue weighted by Crippen LogP contribution is 2.29. The van der Waals surface area contributed by atoms with Crippen molar-refractivity contribution in [3.05, 3.63) is 28.4 Å². The fraction of sp³-hybridized carbons (Fsp3) is 0.300. The molecule has 0 amide bonds. The summed E-state index contributed by atoms with van der Waals surface area (Å²) in [5, 5.41) is 5.49. The second-order valence-corrected chi connectivity index (χ2v) is 4.20. The Bertz CT molecular complexity index is 473. The molecule has 1 aromatic carbocycles. The number of aryl methyl sites for hydroxylation is 1. The number of hydrogen-bond acceptors (Lipinski definition) is 2. The number of rotatable bonds is 1. The molecule has 0 saturated heterocycles. The Hall–Kier alpha value is -0.870. The molecule has 0 aliphatic carbocycles. The van der Waals surface area contributed by atoms with E-state index in [1.54, 1.807) is 0 Å². The fourth-order valence-electron chi connectivity index (χ4n) is 1.61. The molecule has 2 rings (SSSR count). The number of nitrogens with two attached hydrogens (primary N) is 1. The van der Waals surface area contributed by atoms with Gasteiger partial charge in [0.2, 0.25) is 0 Å². The summed E-state index contributed by atoms with van der Waals surface area (Å²) in [5.74, 6) is 0. The minimum atomic E-state index is 0.0270. The molecule has 0 aliphatic heterocycles. The molecule has 0 radical (unpaired) electrons. The van der Waals surface area contributed by atoms with Gasteiger partial charge in [-0.1, -0.05) is 12.1 Å².